The standard InChI is InChI=1S/C14H24N2O/c1-5-16(6-2)13-8-7-12(9-10-15-3)14(11-13)17-4/h7-8,11,15H,5-6,9-10H2,1-4H3. The number of nitrogens with zero attached hydrogens (tertiary/aromatic N) is 1. The van der Waals surface area contributed by atoms with Crippen molar-refractivity contribution in [1.82, 2.24) is 5.32 Å². The van der Waals surface area contributed by atoms with Crippen LogP contribution in [-0.2, 0) is 6.42 Å². The van der Waals surface area contributed by atoms with Gasteiger partial charge in [0.15, 0.2) is 0 Å². The molecule has 3 heteroatoms. The van der Waals surface area contributed by atoms with Gasteiger partial charge in [0.25, 0.3) is 0 Å². The average Bonchev–Trinajstić information content (AvgIpc) is 2.38. The van der Waals surface area contributed by atoms with Gasteiger partial charge in [0, 0.05) is 24.8 Å². The van der Waals surface area contributed by atoms with E-state index in [1.165, 1.54) is 11.3 Å². The fourth-order valence-corrected chi connectivity index (χ4v) is 1.98. The van der Waals surface area contributed by atoms with Crippen LogP contribution in [-0.4, -0.2) is 33.8 Å². The maximum atomic E-state index is 5.47. The van der Waals surface area contributed by atoms with Crippen LogP contribution in [0.25, 0.3) is 0 Å². The van der Waals surface area contributed by atoms with Crippen LogP contribution in [0.5, 0.6) is 5.75 Å². The molecular formula is C14H24N2O. The maximum Gasteiger partial charge on any atom is 0.124 e. The molecule has 0 radical (unpaired) electrons. The molecular weight excluding hydrogens is 212 g/mol. The summed E-state index contributed by atoms with van der Waals surface area (Å²) in [6.45, 7) is 7.36. The summed E-state index contributed by atoms with van der Waals surface area (Å²) in [5.74, 6) is 0.990. The molecule has 0 bridgehead atoms. The van der Waals surface area contributed by atoms with E-state index in [0.717, 1.165) is 31.8 Å². The Hall–Kier alpha value is -1.22. The Morgan fingerprint density at radius 1 is 1.24 bits per heavy atom. The van der Waals surface area contributed by atoms with Crippen molar-refractivity contribution in [2.45, 2.75) is 20.3 Å². The molecule has 1 aromatic carbocycles. The number of benzene rings is 1. The molecule has 0 saturated carbocycles. The second kappa shape index (κ2) is 7.17. The van der Waals surface area contributed by atoms with Crippen molar-refractivity contribution in [3.05, 3.63) is 23.8 Å². The largest absolute Gasteiger partial charge is 0.496 e. The zero-order valence-corrected chi connectivity index (χ0v) is 11.4. The highest BCUT2D eigenvalue weighted by Gasteiger charge is 2.07. The summed E-state index contributed by atoms with van der Waals surface area (Å²) in [6, 6.07) is 6.49. The van der Waals surface area contributed by atoms with Crippen LogP contribution >= 0.6 is 0 Å². The molecule has 0 amide bonds. The topological polar surface area (TPSA) is 24.5 Å². The molecule has 3 nitrogen and oxygen atoms in total. The van der Waals surface area contributed by atoms with Crippen LogP contribution < -0.4 is 15.0 Å². The zero-order valence-electron chi connectivity index (χ0n) is 11.4. The van der Waals surface area contributed by atoms with Gasteiger partial charge < -0.3 is 15.0 Å². The molecule has 0 heterocycles. The first-order valence-corrected chi connectivity index (χ1v) is 6.33. The number of rotatable bonds is 7. The highest BCUT2D eigenvalue weighted by Crippen LogP contribution is 2.25. The highest BCUT2D eigenvalue weighted by atomic mass is 16.5. The normalized spacial score (nSPS) is 10.4. The molecule has 0 aliphatic carbocycles. The minimum Gasteiger partial charge on any atom is -0.496 e. The van der Waals surface area contributed by atoms with E-state index in [1.54, 1.807) is 7.11 Å². The molecule has 1 N–H and O–H groups in total. The summed E-state index contributed by atoms with van der Waals surface area (Å²) in [5, 5.41) is 3.16. The fourth-order valence-electron chi connectivity index (χ4n) is 1.98. The molecule has 17 heavy (non-hydrogen) atoms. The molecule has 1 rings (SSSR count). The number of anilines is 1. The summed E-state index contributed by atoms with van der Waals surface area (Å²) in [6.07, 6.45) is 0.998. The average molecular weight is 236 g/mol. The summed E-state index contributed by atoms with van der Waals surface area (Å²) < 4.78 is 5.47. The second-order valence-corrected chi connectivity index (χ2v) is 4.02. The Kier molecular flexibility index (Phi) is 5.84. The van der Waals surface area contributed by atoms with E-state index in [1.807, 2.05) is 7.05 Å². The van der Waals surface area contributed by atoms with E-state index in [9.17, 15) is 0 Å². The first kappa shape index (κ1) is 13.8. The predicted molar refractivity (Wildman–Crippen MR) is 74.2 cm³/mol. The summed E-state index contributed by atoms with van der Waals surface area (Å²) in [4.78, 5) is 2.32. The van der Waals surface area contributed by atoms with E-state index < -0.39 is 0 Å². The second-order valence-electron chi connectivity index (χ2n) is 4.02. The number of likely N-dealkylation sites (N-methyl/N-ethyl adjacent to an activating group) is 1. The lowest BCUT2D eigenvalue weighted by Gasteiger charge is -2.22. The van der Waals surface area contributed by atoms with Gasteiger partial charge in [-0.2, -0.15) is 0 Å². The molecule has 0 atom stereocenters. The Morgan fingerprint density at radius 3 is 2.47 bits per heavy atom. The summed E-state index contributed by atoms with van der Waals surface area (Å²) >= 11 is 0. The summed E-state index contributed by atoms with van der Waals surface area (Å²) in [5.41, 5.74) is 2.50. The van der Waals surface area contributed by atoms with E-state index in [2.05, 4.69) is 42.3 Å². The maximum absolute atomic E-state index is 5.47. The van der Waals surface area contributed by atoms with Crippen molar-refractivity contribution in [2.75, 3.05) is 38.7 Å². The third-order valence-corrected chi connectivity index (χ3v) is 3.04. The van der Waals surface area contributed by atoms with Crippen molar-refractivity contribution in [2.24, 2.45) is 0 Å². The van der Waals surface area contributed by atoms with Crippen molar-refractivity contribution >= 4 is 5.69 Å². The molecule has 0 aliphatic heterocycles. The number of methoxy groups -OCH3 is 1. The number of nitrogens with one attached hydrogen (secondary N) is 1. The third kappa shape index (κ3) is 3.63. The van der Waals surface area contributed by atoms with Gasteiger partial charge in [-0.25, -0.2) is 0 Å². The summed E-state index contributed by atoms with van der Waals surface area (Å²) in [7, 11) is 3.71. The van der Waals surface area contributed by atoms with Crippen LogP contribution in [0.1, 0.15) is 19.4 Å². The molecule has 1 aromatic rings. The Bertz CT molecular complexity index is 335. The molecule has 0 aliphatic rings. The predicted octanol–water partition coefficient (Wildman–Crippen LogP) is 2.30. The smallest absolute Gasteiger partial charge is 0.124 e. The molecule has 0 spiro atoms. The zero-order chi connectivity index (χ0) is 12.7. The van der Waals surface area contributed by atoms with Gasteiger partial charge in [-0.3, -0.25) is 0 Å². The van der Waals surface area contributed by atoms with E-state index in [4.69, 9.17) is 4.74 Å². The van der Waals surface area contributed by atoms with Gasteiger partial charge in [0.2, 0.25) is 0 Å². The van der Waals surface area contributed by atoms with Gasteiger partial charge >= 0.3 is 0 Å². The molecule has 96 valence electrons. The van der Waals surface area contributed by atoms with Crippen LogP contribution in [0, 0.1) is 0 Å². The number of hydrogen-bond donors (Lipinski definition) is 1. The van der Waals surface area contributed by atoms with Gasteiger partial charge in [-0.1, -0.05) is 6.07 Å². The van der Waals surface area contributed by atoms with Crippen LogP contribution in [0.15, 0.2) is 18.2 Å². The van der Waals surface area contributed by atoms with Crippen LogP contribution in [0.2, 0.25) is 0 Å². The van der Waals surface area contributed by atoms with E-state index in [-0.39, 0.29) is 0 Å². The number of ether oxygens (including phenoxy) is 1. The lowest BCUT2D eigenvalue weighted by atomic mass is 10.1. The van der Waals surface area contributed by atoms with Gasteiger partial charge in [0.05, 0.1) is 7.11 Å². The van der Waals surface area contributed by atoms with Crippen LogP contribution in [0.3, 0.4) is 0 Å². The van der Waals surface area contributed by atoms with Crippen molar-refractivity contribution < 1.29 is 4.74 Å². The monoisotopic (exact) mass is 236 g/mol. The fraction of sp³-hybridized carbons (Fsp3) is 0.571. The minimum atomic E-state index is 0.973. The lowest BCUT2D eigenvalue weighted by Crippen LogP contribution is -2.21. The number of hydrogen-bond acceptors (Lipinski definition) is 3. The molecule has 0 aromatic heterocycles. The highest BCUT2D eigenvalue weighted by molar-refractivity contribution is 5.53. The van der Waals surface area contributed by atoms with Gasteiger partial charge in [-0.05, 0) is 45.5 Å². The Labute approximate surface area is 105 Å². The van der Waals surface area contributed by atoms with Crippen molar-refractivity contribution in [3.63, 3.8) is 0 Å². The van der Waals surface area contributed by atoms with E-state index >= 15 is 0 Å². The van der Waals surface area contributed by atoms with Gasteiger partial charge in [0.1, 0.15) is 5.75 Å². The SMILES string of the molecule is CCN(CC)c1ccc(CCNC)c(OC)c1. The Morgan fingerprint density at radius 2 is 1.94 bits per heavy atom. The Balaban J connectivity index is 2.90. The van der Waals surface area contributed by atoms with Crippen molar-refractivity contribution in [3.8, 4) is 5.75 Å². The van der Waals surface area contributed by atoms with Crippen LogP contribution in [0.4, 0.5) is 5.69 Å². The lowest BCUT2D eigenvalue weighted by molar-refractivity contribution is 0.409. The van der Waals surface area contributed by atoms with E-state index in [0.29, 0.717) is 0 Å². The first-order valence-electron chi connectivity index (χ1n) is 6.33. The first-order chi connectivity index (χ1) is 8.26. The molecule has 0 unspecified atom stereocenters. The quantitative estimate of drug-likeness (QED) is 0.786. The third-order valence-electron chi connectivity index (χ3n) is 3.04. The van der Waals surface area contributed by atoms with Crippen molar-refractivity contribution in [1.29, 1.82) is 0 Å². The molecule has 0 fully saturated rings. The van der Waals surface area contributed by atoms with Gasteiger partial charge in [-0.15, -0.1) is 0 Å². The molecule has 0 saturated heterocycles. The minimum absolute atomic E-state index is 0.973.